The van der Waals surface area contributed by atoms with Crippen molar-refractivity contribution < 1.29 is 9.90 Å². The Balaban J connectivity index is 1.82. The molecule has 4 nitrogen and oxygen atoms in total. The third-order valence-electron chi connectivity index (χ3n) is 2.75. The first-order valence-electron chi connectivity index (χ1n) is 6.09. The van der Waals surface area contributed by atoms with Gasteiger partial charge in [0.05, 0.1) is 11.4 Å². The zero-order valence-electron chi connectivity index (χ0n) is 10.7. The van der Waals surface area contributed by atoms with Crippen molar-refractivity contribution in [2.24, 2.45) is 0 Å². The highest BCUT2D eigenvalue weighted by Crippen LogP contribution is 2.16. The molecule has 1 amide bonds. The lowest BCUT2D eigenvalue weighted by Gasteiger charge is -2.10. The van der Waals surface area contributed by atoms with Gasteiger partial charge >= 0.3 is 0 Å². The largest absolute Gasteiger partial charge is 0.508 e. The molecule has 100 valence electrons. The van der Waals surface area contributed by atoms with Gasteiger partial charge in [-0.2, -0.15) is 0 Å². The zero-order valence-corrected chi connectivity index (χ0v) is 11.5. The van der Waals surface area contributed by atoms with Crippen molar-refractivity contribution in [3.05, 3.63) is 46.4 Å². The van der Waals surface area contributed by atoms with Gasteiger partial charge in [0.25, 0.3) is 0 Å². The minimum atomic E-state index is -0.0472. The van der Waals surface area contributed by atoms with E-state index in [1.165, 1.54) is 0 Å². The summed E-state index contributed by atoms with van der Waals surface area (Å²) in [5.41, 5.74) is 0.805. The number of amides is 1. The molecule has 0 radical (unpaired) electrons. The topological polar surface area (TPSA) is 62.2 Å². The van der Waals surface area contributed by atoms with E-state index in [0.717, 1.165) is 10.6 Å². The van der Waals surface area contributed by atoms with Crippen LogP contribution in [0.4, 0.5) is 0 Å². The number of nitrogens with zero attached hydrogens (tertiary/aromatic N) is 1. The number of aromatic hydroxyl groups is 1. The molecule has 2 rings (SSSR count). The second kappa shape index (κ2) is 6.33. The number of rotatable bonds is 5. The molecular weight excluding hydrogens is 260 g/mol. The lowest BCUT2D eigenvalue weighted by atomic mass is 10.1. The molecule has 0 spiro atoms. The molecule has 5 heteroatoms. The van der Waals surface area contributed by atoms with Crippen LogP contribution in [0.3, 0.4) is 0 Å². The van der Waals surface area contributed by atoms with E-state index in [9.17, 15) is 9.90 Å². The van der Waals surface area contributed by atoms with E-state index in [4.69, 9.17) is 0 Å². The number of hydrogen-bond acceptors (Lipinski definition) is 4. The van der Waals surface area contributed by atoms with Crippen LogP contribution in [0.2, 0.25) is 0 Å². The van der Waals surface area contributed by atoms with Crippen molar-refractivity contribution in [3.8, 4) is 5.75 Å². The highest BCUT2D eigenvalue weighted by Gasteiger charge is 2.10. The van der Waals surface area contributed by atoms with Crippen LogP contribution in [-0.4, -0.2) is 22.5 Å². The fourth-order valence-corrected chi connectivity index (χ4v) is 2.44. The molecule has 19 heavy (non-hydrogen) atoms. The van der Waals surface area contributed by atoms with E-state index in [-0.39, 0.29) is 24.0 Å². The van der Waals surface area contributed by atoms with Gasteiger partial charge in [-0.25, -0.2) is 4.98 Å². The molecule has 0 aliphatic heterocycles. The minimum Gasteiger partial charge on any atom is -0.508 e. The quantitative estimate of drug-likeness (QED) is 0.881. The zero-order chi connectivity index (χ0) is 13.7. The molecule has 1 unspecified atom stereocenters. The number of aromatic nitrogens is 1. The molecule has 1 atom stereocenters. The summed E-state index contributed by atoms with van der Waals surface area (Å²) in [5.74, 6) is 0.351. The van der Waals surface area contributed by atoms with Crippen molar-refractivity contribution in [2.45, 2.75) is 19.3 Å². The first-order valence-corrected chi connectivity index (χ1v) is 6.97. The second-order valence-corrected chi connectivity index (χ2v) is 5.35. The number of carbonyl (C=O) groups excluding carboxylic acids is 1. The van der Waals surface area contributed by atoms with Gasteiger partial charge in [0, 0.05) is 24.0 Å². The Morgan fingerprint density at radius 3 is 3.05 bits per heavy atom. The van der Waals surface area contributed by atoms with Crippen molar-refractivity contribution in [1.29, 1.82) is 0 Å². The molecule has 1 aromatic carbocycles. The Bertz CT molecular complexity index is 540. The standard InChI is InChI=1S/C14H16N2O2S/c1-10(14-15-5-6-19-14)9-16-13(18)8-11-3-2-4-12(17)7-11/h2-7,10,17H,8-9H2,1H3,(H,16,18). The number of hydrogen-bond donors (Lipinski definition) is 2. The van der Waals surface area contributed by atoms with E-state index < -0.39 is 0 Å². The molecular formula is C14H16N2O2S. The Morgan fingerprint density at radius 1 is 1.53 bits per heavy atom. The summed E-state index contributed by atoms with van der Waals surface area (Å²) in [4.78, 5) is 16.0. The maximum atomic E-state index is 11.8. The van der Waals surface area contributed by atoms with Crippen molar-refractivity contribution >= 4 is 17.2 Å². The SMILES string of the molecule is CC(CNC(=O)Cc1cccc(O)c1)c1nccs1. The fraction of sp³-hybridized carbons (Fsp3) is 0.286. The summed E-state index contributed by atoms with van der Waals surface area (Å²) < 4.78 is 0. The van der Waals surface area contributed by atoms with Crippen LogP contribution < -0.4 is 5.32 Å². The van der Waals surface area contributed by atoms with E-state index in [0.29, 0.717) is 6.54 Å². The number of benzene rings is 1. The van der Waals surface area contributed by atoms with Crippen LogP contribution in [0.25, 0.3) is 0 Å². The van der Waals surface area contributed by atoms with Gasteiger partial charge in [-0.3, -0.25) is 4.79 Å². The number of phenolic OH excluding ortho intramolecular Hbond substituents is 1. The highest BCUT2D eigenvalue weighted by molar-refractivity contribution is 7.09. The number of phenols is 1. The van der Waals surface area contributed by atoms with Crippen LogP contribution >= 0.6 is 11.3 Å². The van der Waals surface area contributed by atoms with Gasteiger partial charge in [-0.05, 0) is 17.7 Å². The van der Waals surface area contributed by atoms with E-state index in [1.807, 2.05) is 18.4 Å². The summed E-state index contributed by atoms with van der Waals surface area (Å²) in [7, 11) is 0. The average molecular weight is 276 g/mol. The molecule has 2 aromatic rings. The van der Waals surface area contributed by atoms with Crippen LogP contribution in [0.1, 0.15) is 23.4 Å². The molecule has 1 aromatic heterocycles. The third-order valence-corrected chi connectivity index (χ3v) is 3.76. The lowest BCUT2D eigenvalue weighted by molar-refractivity contribution is -0.120. The van der Waals surface area contributed by atoms with Gasteiger partial charge in [-0.1, -0.05) is 19.1 Å². The van der Waals surface area contributed by atoms with Crippen molar-refractivity contribution in [1.82, 2.24) is 10.3 Å². The number of nitrogens with one attached hydrogen (secondary N) is 1. The Hall–Kier alpha value is -1.88. The summed E-state index contributed by atoms with van der Waals surface area (Å²) >= 11 is 1.59. The van der Waals surface area contributed by atoms with E-state index >= 15 is 0 Å². The smallest absolute Gasteiger partial charge is 0.224 e. The average Bonchev–Trinajstić information content (AvgIpc) is 2.90. The van der Waals surface area contributed by atoms with E-state index in [1.54, 1.807) is 35.7 Å². The van der Waals surface area contributed by atoms with Crippen LogP contribution in [-0.2, 0) is 11.2 Å². The summed E-state index contributed by atoms with van der Waals surface area (Å²) in [5, 5.41) is 15.2. The van der Waals surface area contributed by atoms with Gasteiger partial charge in [-0.15, -0.1) is 11.3 Å². The van der Waals surface area contributed by atoms with Crippen LogP contribution in [0, 0.1) is 0 Å². The maximum Gasteiger partial charge on any atom is 0.224 e. The Labute approximate surface area is 116 Å². The van der Waals surface area contributed by atoms with Crippen LogP contribution in [0.5, 0.6) is 5.75 Å². The number of carbonyl (C=O) groups is 1. The monoisotopic (exact) mass is 276 g/mol. The second-order valence-electron chi connectivity index (χ2n) is 4.42. The summed E-state index contributed by atoms with van der Waals surface area (Å²) in [6.07, 6.45) is 2.05. The highest BCUT2D eigenvalue weighted by atomic mass is 32.1. The van der Waals surface area contributed by atoms with Gasteiger partial charge in [0.1, 0.15) is 5.75 Å². The molecule has 2 N–H and O–H groups in total. The maximum absolute atomic E-state index is 11.8. The van der Waals surface area contributed by atoms with Gasteiger partial charge in [0.15, 0.2) is 0 Å². The molecule has 0 saturated carbocycles. The van der Waals surface area contributed by atoms with Gasteiger partial charge < -0.3 is 10.4 Å². The first kappa shape index (κ1) is 13.5. The summed E-state index contributed by atoms with van der Waals surface area (Å²) in [6.45, 7) is 2.61. The van der Waals surface area contributed by atoms with E-state index in [2.05, 4.69) is 10.3 Å². The van der Waals surface area contributed by atoms with Gasteiger partial charge in [0.2, 0.25) is 5.91 Å². The Morgan fingerprint density at radius 2 is 2.37 bits per heavy atom. The molecule has 0 aliphatic rings. The molecule has 1 heterocycles. The molecule has 0 saturated heterocycles. The number of thiazole rings is 1. The first-order chi connectivity index (χ1) is 9.15. The van der Waals surface area contributed by atoms with Crippen molar-refractivity contribution in [3.63, 3.8) is 0 Å². The minimum absolute atomic E-state index is 0.0472. The predicted molar refractivity (Wildman–Crippen MR) is 75.3 cm³/mol. The molecule has 0 fully saturated rings. The van der Waals surface area contributed by atoms with Crippen LogP contribution in [0.15, 0.2) is 35.8 Å². The summed E-state index contributed by atoms with van der Waals surface area (Å²) in [6, 6.07) is 6.75. The molecule has 0 bridgehead atoms. The Kier molecular flexibility index (Phi) is 4.52. The normalized spacial score (nSPS) is 12.1. The fourth-order valence-electron chi connectivity index (χ4n) is 1.75. The predicted octanol–water partition coefficient (Wildman–Crippen LogP) is 2.31. The molecule has 0 aliphatic carbocycles. The lowest BCUT2D eigenvalue weighted by Crippen LogP contribution is -2.28. The third kappa shape index (κ3) is 4.06. The van der Waals surface area contributed by atoms with Crippen molar-refractivity contribution in [2.75, 3.05) is 6.54 Å².